The molecule has 2 rings (SSSR count). The molecule has 0 unspecified atom stereocenters. The monoisotopic (exact) mass is 301 g/mol. The van der Waals surface area contributed by atoms with E-state index < -0.39 is 11.9 Å². The van der Waals surface area contributed by atoms with E-state index in [-0.39, 0.29) is 6.61 Å². The molecule has 2 aromatic rings. The van der Waals surface area contributed by atoms with Gasteiger partial charge in [0.2, 0.25) is 0 Å². The number of aromatic nitrogens is 1. The number of primary amides is 1. The Morgan fingerprint density at radius 1 is 1.36 bits per heavy atom. The van der Waals surface area contributed by atoms with Crippen molar-refractivity contribution in [1.29, 1.82) is 0 Å². The quantitative estimate of drug-likeness (QED) is 0.882. The van der Waals surface area contributed by atoms with Crippen molar-refractivity contribution in [2.45, 2.75) is 6.92 Å². The fraction of sp³-hybridized carbons (Fsp3) is 0.188. The predicted octanol–water partition coefficient (Wildman–Crippen LogP) is 2.71. The first kappa shape index (κ1) is 15.6. The fourth-order valence-corrected chi connectivity index (χ4v) is 2.10. The second-order valence-electron chi connectivity index (χ2n) is 4.61. The minimum Gasteiger partial charge on any atom is -0.443 e. The fourth-order valence-electron chi connectivity index (χ4n) is 2.10. The lowest BCUT2D eigenvalue weighted by molar-refractivity contribution is 0.173. The molecule has 0 aliphatic heterocycles. The summed E-state index contributed by atoms with van der Waals surface area (Å²) >= 11 is 0. The first-order valence-electron chi connectivity index (χ1n) is 6.62. The molecule has 0 spiro atoms. The van der Waals surface area contributed by atoms with Crippen LogP contribution < -0.4 is 5.73 Å². The number of hydrogen-bond acceptors (Lipinski definition) is 4. The molecule has 1 amide bonds. The summed E-state index contributed by atoms with van der Waals surface area (Å²) in [5.41, 5.74) is 7.83. The zero-order valence-corrected chi connectivity index (χ0v) is 12.3. The average Bonchev–Trinajstić information content (AvgIpc) is 2.49. The van der Waals surface area contributed by atoms with E-state index in [4.69, 9.17) is 10.5 Å². The van der Waals surface area contributed by atoms with E-state index in [1.165, 1.54) is 13.1 Å². The Kier molecular flexibility index (Phi) is 4.83. The van der Waals surface area contributed by atoms with Gasteiger partial charge in [0.1, 0.15) is 12.4 Å². The second-order valence-corrected chi connectivity index (χ2v) is 4.61. The van der Waals surface area contributed by atoms with Crippen molar-refractivity contribution in [3.05, 3.63) is 53.6 Å². The van der Waals surface area contributed by atoms with Gasteiger partial charge < -0.3 is 10.5 Å². The predicted molar refractivity (Wildman–Crippen MR) is 82.4 cm³/mol. The van der Waals surface area contributed by atoms with E-state index in [2.05, 4.69) is 9.98 Å². The highest BCUT2D eigenvalue weighted by atomic mass is 19.1. The Morgan fingerprint density at radius 3 is 2.73 bits per heavy atom. The van der Waals surface area contributed by atoms with E-state index in [1.54, 1.807) is 24.4 Å². The standard InChI is InChI=1S/C16H16FN3O2/c1-10-12(4-3-7-20-10)13-6-5-11(8-14(13)17)15(19-2)9-22-16(18)21/h3-8H,9H2,1-2H3,(H2,18,21)/b19-15+. The number of nitrogens with zero attached hydrogens (tertiary/aromatic N) is 2. The first-order valence-corrected chi connectivity index (χ1v) is 6.62. The summed E-state index contributed by atoms with van der Waals surface area (Å²) in [6.45, 7) is 1.72. The molecule has 22 heavy (non-hydrogen) atoms. The molecule has 1 aromatic heterocycles. The lowest BCUT2D eigenvalue weighted by Crippen LogP contribution is -2.19. The highest BCUT2D eigenvalue weighted by Gasteiger charge is 2.12. The van der Waals surface area contributed by atoms with Gasteiger partial charge in [0.15, 0.2) is 0 Å². The molecule has 1 heterocycles. The summed E-state index contributed by atoms with van der Waals surface area (Å²) in [5, 5.41) is 0. The van der Waals surface area contributed by atoms with Crippen molar-refractivity contribution in [3.8, 4) is 11.1 Å². The van der Waals surface area contributed by atoms with Gasteiger partial charge in [0.25, 0.3) is 0 Å². The molecular formula is C16H16FN3O2. The van der Waals surface area contributed by atoms with Gasteiger partial charge in [-0.1, -0.05) is 18.2 Å². The SMILES string of the molecule is C/N=C(\COC(N)=O)c1ccc(-c2cccnc2C)c(F)c1. The van der Waals surface area contributed by atoms with Crippen LogP contribution in [0.4, 0.5) is 9.18 Å². The zero-order valence-electron chi connectivity index (χ0n) is 12.3. The maximum absolute atomic E-state index is 14.4. The minimum absolute atomic E-state index is 0.101. The van der Waals surface area contributed by atoms with Gasteiger partial charge in [0, 0.05) is 35.6 Å². The van der Waals surface area contributed by atoms with E-state index in [0.717, 1.165) is 11.3 Å². The first-order chi connectivity index (χ1) is 10.5. The van der Waals surface area contributed by atoms with E-state index in [1.807, 2.05) is 13.0 Å². The normalized spacial score (nSPS) is 11.3. The summed E-state index contributed by atoms with van der Waals surface area (Å²) in [6.07, 6.45) is 0.762. The van der Waals surface area contributed by atoms with Crippen molar-refractivity contribution in [2.75, 3.05) is 13.7 Å². The number of rotatable bonds is 4. The van der Waals surface area contributed by atoms with Crippen LogP contribution in [-0.2, 0) is 4.74 Å². The number of benzene rings is 1. The van der Waals surface area contributed by atoms with Crippen LogP contribution in [0.3, 0.4) is 0 Å². The van der Waals surface area contributed by atoms with Gasteiger partial charge in [0.05, 0.1) is 5.71 Å². The van der Waals surface area contributed by atoms with Crippen molar-refractivity contribution < 1.29 is 13.9 Å². The summed E-state index contributed by atoms with van der Waals surface area (Å²) in [7, 11) is 1.54. The smallest absolute Gasteiger partial charge is 0.404 e. The van der Waals surface area contributed by atoms with E-state index in [9.17, 15) is 9.18 Å². The molecule has 5 nitrogen and oxygen atoms in total. The minimum atomic E-state index is -0.899. The number of aliphatic imine (C=N–C) groups is 1. The molecule has 0 aliphatic rings. The third-order valence-corrected chi connectivity index (χ3v) is 3.22. The lowest BCUT2D eigenvalue weighted by Gasteiger charge is -2.10. The van der Waals surface area contributed by atoms with Gasteiger partial charge in [-0.05, 0) is 19.1 Å². The number of amides is 1. The molecule has 6 heteroatoms. The van der Waals surface area contributed by atoms with Crippen LogP contribution in [0.2, 0.25) is 0 Å². The van der Waals surface area contributed by atoms with Crippen LogP contribution >= 0.6 is 0 Å². The summed E-state index contributed by atoms with van der Waals surface area (Å²) in [6, 6.07) is 8.30. The Labute approximate surface area is 127 Å². The summed E-state index contributed by atoms with van der Waals surface area (Å²) in [5.74, 6) is -0.395. The molecule has 0 atom stereocenters. The molecule has 0 saturated carbocycles. The van der Waals surface area contributed by atoms with Gasteiger partial charge in [-0.3, -0.25) is 9.98 Å². The third kappa shape index (κ3) is 3.46. The molecule has 114 valence electrons. The van der Waals surface area contributed by atoms with Crippen molar-refractivity contribution in [2.24, 2.45) is 10.7 Å². The van der Waals surface area contributed by atoms with Gasteiger partial charge in [-0.25, -0.2) is 9.18 Å². The van der Waals surface area contributed by atoms with Crippen LogP contribution in [0.5, 0.6) is 0 Å². The molecule has 0 aliphatic carbocycles. The number of nitrogens with two attached hydrogens (primary N) is 1. The van der Waals surface area contributed by atoms with Crippen molar-refractivity contribution >= 4 is 11.8 Å². The average molecular weight is 301 g/mol. The second kappa shape index (κ2) is 6.80. The maximum atomic E-state index is 14.4. The largest absolute Gasteiger partial charge is 0.443 e. The number of aryl methyl sites for hydroxylation is 1. The third-order valence-electron chi connectivity index (χ3n) is 3.22. The molecule has 0 fully saturated rings. The number of carbonyl (C=O) groups excluding carboxylic acids is 1. The van der Waals surface area contributed by atoms with Crippen LogP contribution in [-0.4, -0.2) is 30.4 Å². The molecule has 2 N–H and O–H groups in total. The molecular weight excluding hydrogens is 285 g/mol. The summed E-state index contributed by atoms with van der Waals surface area (Å²) < 4.78 is 19.1. The Morgan fingerprint density at radius 2 is 2.14 bits per heavy atom. The van der Waals surface area contributed by atoms with Crippen LogP contribution in [0.15, 0.2) is 41.5 Å². The van der Waals surface area contributed by atoms with Gasteiger partial charge in [-0.2, -0.15) is 0 Å². The lowest BCUT2D eigenvalue weighted by atomic mass is 10.0. The Balaban J connectivity index is 2.34. The molecule has 0 saturated heterocycles. The van der Waals surface area contributed by atoms with Gasteiger partial charge in [-0.15, -0.1) is 0 Å². The van der Waals surface area contributed by atoms with Gasteiger partial charge >= 0.3 is 6.09 Å². The number of halogens is 1. The van der Waals surface area contributed by atoms with Crippen LogP contribution in [0.1, 0.15) is 11.3 Å². The number of hydrogen-bond donors (Lipinski definition) is 1. The highest BCUT2D eigenvalue weighted by molar-refractivity contribution is 6.02. The zero-order chi connectivity index (χ0) is 16.1. The topological polar surface area (TPSA) is 77.6 Å². The Bertz CT molecular complexity index is 729. The van der Waals surface area contributed by atoms with E-state index >= 15 is 0 Å². The molecule has 1 aromatic carbocycles. The molecule has 0 radical (unpaired) electrons. The maximum Gasteiger partial charge on any atom is 0.404 e. The molecule has 0 bridgehead atoms. The Hall–Kier alpha value is -2.76. The van der Waals surface area contributed by atoms with E-state index in [0.29, 0.717) is 16.8 Å². The number of pyridine rings is 1. The number of ether oxygens (including phenoxy) is 1. The van der Waals surface area contributed by atoms with Crippen molar-refractivity contribution in [3.63, 3.8) is 0 Å². The van der Waals surface area contributed by atoms with Crippen LogP contribution in [0, 0.1) is 12.7 Å². The highest BCUT2D eigenvalue weighted by Crippen LogP contribution is 2.25. The van der Waals surface area contributed by atoms with Crippen molar-refractivity contribution in [1.82, 2.24) is 4.98 Å². The number of carbonyl (C=O) groups is 1. The summed E-state index contributed by atoms with van der Waals surface area (Å²) in [4.78, 5) is 18.8. The van der Waals surface area contributed by atoms with Crippen LogP contribution in [0.25, 0.3) is 11.1 Å².